The fourth-order valence-electron chi connectivity index (χ4n) is 4.08. The second-order valence-corrected chi connectivity index (χ2v) is 8.89. The third kappa shape index (κ3) is 3.60. The van der Waals surface area contributed by atoms with Crippen LogP contribution in [0, 0.1) is 0 Å². The Bertz CT molecular complexity index is 1390. The molecule has 0 amide bonds. The maximum absolute atomic E-state index is 13.3. The zero-order chi connectivity index (χ0) is 23.9. The van der Waals surface area contributed by atoms with Crippen LogP contribution in [0.5, 0.6) is 17.2 Å². The van der Waals surface area contributed by atoms with E-state index in [1.807, 2.05) is 16.8 Å². The van der Waals surface area contributed by atoms with Gasteiger partial charge in [-0.05, 0) is 52.2 Å². The van der Waals surface area contributed by atoms with Gasteiger partial charge in [0.1, 0.15) is 11.0 Å². The van der Waals surface area contributed by atoms with Gasteiger partial charge in [0.15, 0.2) is 11.5 Å². The molecule has 0 aliphatic carbocycles. The molecule has 0 radical (unpaired) electrons. The molecule has 10 heteroatoms. The van der Waals surface area contributed by atoms with E-state index in [1.165, 1.54) is 32.7 Å². The quantitative estimate of drug-likeness (QED) is 0.381. The van der Waals surface area contributed by atoms with Crippen molar-refractivity contribution in [2.75, 3.05) is 21.3 Å². The van der Waals surface area contributed by atoms with Gasteiger partial charge in [0.05, 0.1) is 38.6 Å². The number of thiophene rings is 1. The van der Waals surface area contributed by atoms with Crippen LogP contribution >= 0.6 is 23.1 Å². The van der Waals surface area contributed by atoms with Crippen molar-refractivity contribution in [2.24, 2.45) is 0 Å². The van der Waals surface area contributed by atoms with Crippen LogP contribution in [0.25, 0.3) is 16.6 Å². The average Bonchev–Trinajstić information content (AvgIpc) is 3.58. The van der Waals surface area contributed by atoms with Crippen LogP contribution in [0.1, 0.15) is 16.7 Å². The monoisotopic (exact) mass is 496 g/mol. The maximum Gasteiger partial charge on any atom is 0.342 e. The summed E-state index contributed by atoms with van der Waals surface area (Å²) in [6, 6.07) is 10.5. The molecule has 0 saturated carbocycles. The number of methoxy groups -OCH3 is 3. The highest BCUT2D eigenvalue weighted by Gasteiger charge is 2.49. The first-order valence-corrected chi connectivity index (χ1v) is 11.9. The van der Waals surface area contributed by atoms with Crippen molar-refractivity contribution in [1.82, 2.24) is 8.75 Å². The molecule has 1 N–H and O–H groups in total. The molecule has 1 atom stereocenters. The molecule has 5 rings (SSSR count). The Morgan fingerprint density at radius 1 is 1.00 bits per heavy atom. The normalized spacial score (nSPS) is 17.8. The summed E-state index contributed by atoms with van der Waals surface area (Å²) in [5.41, 5.74) is 3.93. The molecule has 2 aromatic heterocycles. The molecule has 3 heterocycles. The van der Waals surface area contributed by atoms with Gasteiger partial charge in [0, 0.05) is 17.6 Å². The van der Waals surface area contributed by atoms with Gasteiger partial charge in [0.2, 0.25) is 5.75 Å². The van der Waals surface area contributed by atoms with E-state index in [9.17, 15) is 9.90 Å². The zero-order valence-electron chi connectivity index (χ0n) is 18.5. The van der Waals surface area contributed by atoms with Crippen molar-refractivity contribution < 1.29 is 28.8 Å². The molecular formula is C24H20N2O6S2. The van der Waals surface area contributed by atoms with Crippen LogP contribution in [0.4, 0.5) is 0 Å². The van der Waals surface area contributed by atoms with E-state index in [4.69, 9.17) is 18.9 Å². The molecule has 4 aromatic rings. The minimum Gasteiger partial charge on any atom is -0.493 e. The molecule has 2 aromatic carbocycles. The third-order valence-corrected chi connectivity index (χ3v) is 7.00. The lowest BCUT2D eigenvalue weighted by molar-refractivity contribution is -0.185. The number of cyclic esters (lactones) is 1. The summed E-state index contributed by atoms with van der Waals surface area (Å²) in [7, 11) is 4.46. The summed E-state index contributed by atoms with van der Waals surface area (Å²) >= 11 is 2.63. The summed E-state index contributed by atoms with van der Waals surface area (Å²) < 4.78 is 30.5. The number of nitrogens with zero attached hydrogens (tertiary/aromatic N) is 2. The van der Waals surface area contributed by atoms with Gasteiger partial charge in [-0.3, -0.25) is 0 Å². The summed E-state index contributed by atoms with van der Waals surface area (Å²) in [6.45, 7) is 0. The Morgan fingerprint density at radius 2 is 1.74 bits per heavy atom. The summed E-state index contributed by atoms with van der Waals surface area (Å²) in [6.07, 6.45) is 0.297. The zero-order valence-corrected chi connectivity index (χ0v) is 20.2. The summed E-state index contributed by atoms with van der Waals surface area (Å²) in [5, 5.41) is 15.8. The second-order valence-electron chi connectivity index (χ2n) is 7.58. The number of aromatic nitrogens is 2. The molecule has 0 saturated heterocycles. The van der Waals surface area contributed by atoms with Gasteiger partial charge in [-0.25, -0.2) is 4.79 Å². The van der Waals surface area contributed by atoms with Crippen molar-refractivity contribution in [3.63, 3.8) is 0 Å². The molecule has 0 bridgehead atoms. The third-order valence-electron chi connectivity index (χ3n) is 5.71. The number of rotatable bonds is 7. The first-order valence-electron chi connectivity index (χ1n) is 10.2. The lowest BCUT2D eigenvalue weighted by atomic mass is 9.88. The van der Waals surface area contributed by atoms with Gasteiger partial charge < -0.3 is 24.1 Å². The highest BCUT2D eigenvalue weighted by Crippen LogP contribution is 2.49. The molecule has 0 fully saturated rings. The number of carbonyl (C=O) groups is 1. The predicted octanol–water partition coefficient (Wildman–Crippen LogP) is 4.18. The molecular weight excluding hydrogens is 476 g/mol. The van der Waals surface area contributed by atoms with Crippen LogP contribution in [0.3, 0.4) is 0 Å². The summed E-state index contributed by atoms with van der Waals surface area (Å²) in [4.78, 5) is 13.3. The summed E-state index contributed by atoms with van der Waals surface area (Å²) in [5.74, 6) is -1.65. The minimum absolute atomic E-state index is 0.284. The van der Waals surface area contributed by atoms with Gasteiger partial charge in [0.25, 0.3) is 5.79 Å². The molecule has 1 aliphatic rings. The van der Waals surface area contributed by atoms with Crippen LogP contribution in [0.15, 0.2) is 52.7 Å². The largest absolute Gasteiger partial charge is 0.493 e. The first-order chi connectivity index (χ1) is 16.5. The Hall–Kier alpha value is -3.47. The molecule has 1 unspecified atom stereocenters. The number of benzene rings is 2. The number of hydrogen-bond acceptors (Lipinski definition) is 10. The van der Waals surface area contributed by atoms with E-state index in [-0.39, 0.29) is 11.1 Å². The van der Waals surface area contributed by atoms with E-state index >= 15 is 0 Å². The number of fused-ring (bicyclic) bond motifs is 1. The highest BCUT2D eigenvalue weighted by atomic mass is 32.1. The Balaban J connectivity index is 1.73. The molecule has 1 aliphatic heterocycles. The maximum atomic E-state index is 13.3. The molecule has 8 nitrogen and oxygen atoms in total. The highest BCUT2D eigenvalue weighted by molar-refractivity contribution is 7.08. The standard InChI is InChI=1S/C24H20N2O6S2/c1-29-19-10-15(11-20(30-2)22(19)31-3)24(28)16(8-13-6-7-33-12-13)21(23(27)32-24)14-4-5-17-18(9-14)26-34-25-17/h4-7,9-12,28H,8H2,1-3H3. The predicted molar refractivity (Wildman–Crippen MR) is 128 cm³/mol. The van der Waals surface area contributed by atoms with E-state index in [2.05, 4.69) is 8.75 Å². The number of ether oxygens (including phenoxy) is 4. The van der Waals surface area contributed by atoms with E-state index in [0.717, 1.165) is 22.8 Å². The van der Waals surface area contributed by atoms with Crippen molar-refractivity contribution in [2.45, 2.75) is 12.2 Å². The molecule has 0 spiro atoms. The van der Waals surface area contributed by atoms with Crippen molar-refractivity contribution >= 4 is 45.6 Å². The van der Waals surface area contributed by atoms with Gasteiger partial charge >= 0.3 is 5.97 Å². The van der Waals surface area contributed by atoms with Crippen LogP contribution in [-0.4, -0.2) is 41.2 Å². The molecule has 174 valence electrons. The Kier molecular flexibility index (Phi) is 5.72. The number of hydrogen-bond donors (Lipinski definition) is 1. The van der Waals surface area contributed by atoms with Gasteiger partial charge in [-0.2, -0.15) is 20.1 Å². The average molecular weight is 497 g/mol. The van der Waals surface area contributed by atoms with Crippen molar-refractivity contribution in [3.05, 3.63) is 69.4 Å². The topological polar surface area (TPSA) is 100 Å². The van der Waals surface area contributed by atoms with Crippen molar-refractivity contribution in [3.8, 4) is 17.2 Å². The number of esters is 1. The number of carbonyl (C=O) groups excluding carboxylic acids is 1. The fraction of sp³-hybridized carbons (Fsp3) is 0.208. The van der Waals surface area contributed by atoms with Crippen LogP contribution in [-0.2, 0) is 21.7 Å². The lowest BCUT2D eigenvalue weighted by Crippen LogP contribution is -2.30. The smallest absolute Gasteiger partial charge is 0.342 e. The van der Waals surface area contributed by atoms with Crippen LogP contribution in [0.2, 0.25) is 0 Å². The van der Waals surface area contributed by atoms with Gasteiger partial charge in [-0.15, -0.1) is 0 Å². The Labute approximate surface area is 203 Å². The first kappa shape index (κ1) is 22.3. The van der Waals surface area contributed by atoms with Gasteiger partial charge in [-0.1, -0.05) is 6.07 Å². The van der Waals surface area contributed by atoms with Crippen LogP contribution < -0.4 is 14.2 Å². The SMILES string of the molecule is COc1cc(C2(O)OC(=O)C(c3ccc4nsnc4c3)=C2Cc2ccsc2)cc(OC)c1OC. The minimum atomic E-state index is -2.05. The van der Waals surface area contributed by atoms with E-state index in [1.54, 1.807) is 30.3 Å². The number of aliphatic hydroxyl groups is 1. The van der Waals surface area contributed by atoms with E-state index < -0.39 is 11.8 Å². The van der Waals surface area contributed by atoms with Crippen molar-refractivity contribution in [1.29, 1.82) is 0 Å². The van der Waals surface area contributed by atoms with E-state index in [0.29, 0.717) is 40.3 Å². The Morgan fingerprint density at radius 3 is 2.38 bits per heavy atom. The fourth-order valence-corrected chi connectivity index (χ4v) is 5.27. The molecule has 34 heavy (non-hydrogen) atoms. The lowest BCUT2D eigenvalue weighted by Gasteiger charge is -2.27. The second kappa shape index (κ2) is 8.71.